The van der Waals surface area contributed by atoms with Crippen molar-refractivity contribution in [3.05, 3.63) is 34.6 Å². The Morgan fingerprint density at radius 2 is 1.96 bits per heavy atom. The minimum absolute atomic E-state index is 0.0994. The molecule has 1 unspecified atom stereocenters. The molecule has 1 N–H and O–H groups in total. The van der Waals surface area contributed by atoms with Gasteiger partial charge < -0.3 is 4.90 Å². The van der Waals surface area contributed by atoms with Crippen molar-refractivity contribution in [2.24, 2.45) is 0 Å². The first kappa shape index (κ1) is 19.2. The molecule has 9 heteroatoms. The van der Waals surface area contributed by atoms with Gasteiger partial charge in [-0.15, -0.1) is 0 Å². The zero-order valence-electron chi connectivity index (χ0n) is 15.4. The molecule has 142 valence electrons. The SMILES string of the molecule is CC[NH+](Cn1nnn(-c2ccc(C(C)C)cc2)c1=S)[C@H]1CCS(=O)(=O)C1. The Hall–Kier alpha value is -1.58. The average Bonchev–Trinajstić information content (AvgIpc) is 3.15. The highest BCUT2D eigenvalue weighted by molar-refractivity contribution is 7.91. The Morgan fingerprint density at radius 1 is 1.27 bits per heavy atom. The summed E-state index contributed by atoms with van der Waals surface area (Å²) in [4.78, 5) is 1.17. The van der Waals surface area contributed by atoms with Crippen LogP contribution in [0, 0.1) is 4.77 Å². The lowest BCUT2D eigenvalue weighted by Gasteiger charge is -2.22. The van der Waals surface area contributed by atoms with Crippen LogP contribution in [0.3, 0.4) is 0 Å². The summed E-state index contributed by atoms with van der Waals surface area (Å²) in [6.45, 7) is 7.71. The van der Waals surface area contributed by atoms with E-state index in [1.54, 1.807) is 9.36 Å². The fraction of sp³-hybridized carbons (Fsp3) is 0.588. The molecule has 7 nitrogen and oxygen atoms in total. The Labute approximate surface area is 159 Å². The van der Waals surface area contributed by atoms with E-state index in [0.29, 0.717) is 23.8 Å². The molecule has 1 aliphatic rings. The van der Waals surface area contributed by atoms with Crippen LogP contribution in [-0.4, -0.2) is 52.3 Å². The number of hydrogen-bond acceptors (Lipinski definition) is 5. The van der Waals surface area contributed by atoms with Crippen molar-refractivity contribution in [2.75, 3.05) is 18.1 Å². The molecule has 0 saturated carbocycles. The van der Waals surface area contributed by atoms with E-state index in [9.17, 15) is 8.42 Å². The molecular weight excluding hydrogens is 370 g/mol. The van der Waals surface area contributed by atoms with Gasteiger partial charge in [-0.2, -0.15) is 9.36 Å². The maximum absolute atomic E-state index is 11.8. The van der Waals surface area contributed by atoms with Gasteiger partial charge >= 0.3 is 0 Å². The van der Waals surface area contributed by atoms with Crippen LogP contribution in [0.15, 0.2) is 24.3 Å². The molecule has 2 atom stereocenters. The Bertz CT molecular complexity index is 915. The van der Waals surface area contributed by atoms with Crippen molar-refractivity contribution in [3.63, 3.8) is 0 Å². The second-order valence-corrected chi connectivity index (χ2v) is 9.78. The Kier molecular flexibility index (Phi) is 5.59. The van der Waals surface area contributed by atoms with Crippen LogP contribution in [0.5, 0.6) is 0 Å². The number of tetrazole rings is 1. The molecule has 0 amide bonds. The first-order valence-corrected chi connectivity index (χ1v) is 11.2. The zero-order valence-corrected chi connectivity index (χ0v) is 17.1. The number of sulfone groups is 1. The zero-order chi connectivity index (χ0) is 18.9. The monoisotopic (exact) mass is 396 g/mol. The summed E-state index contributed by atoms with van der Waals surface area (Å²) in [5.41, 5.74) is 2.14. The van der Waals surface area contributed by atoms with E-state index in [1.165, 1.54) is 10.5 Å². The third-order valence-electron chi connectivity index (χ3n) is 5.06. The fourth-order valence-electron chi connectivity index (χ4n) is 3.37. The predicted octanol–water partition coefficient (Wildman–Crippen LogP) is 0.971. The van der Waals surface area contributed by atoms with Gasteiger partial charge in [0.15, 0.2) is 16.5 Å². The normalized spacial score (nSPS) is 20.5. The number of benzene rings is 1. The maximum atomic E-state index is 11.8. The molecule has 3 rings (SSSR count). The molecule has 1 saturated heterocycles. The summed E-state index contributed by atoms with van der Waals surface area (Å²) in [6.07, 6.45) is 0.698. The van der Waals surface area contributed by atoms with Gasteiger partial charge in [0.2, 0.25) is 4.77 Å². The van der Waals surface area contributed by atoms with Crippen LogP contribution >= 0.6 is 12.2 Å². The van der Waals surface area contributed by atoms with Gasteiger partial charge in [0, 0.05) is 6.42 Å². The van der Waals surface area contributed by atoms with E-state index in [2.05, 4.69) is 43.3 Å². The molecule has 26 heavy (non-hydrogen) atoms. The molecule has 2 aromatic rings. The lowest BCUT2D eigenvalue weighted by molar-refractivity contribution is -0.943. The molecule has 1 aromatic carbocycles. The number of rotatable bonds is 6. The minimum atomic E-state index is -2.90. The van der Waals surface area contributed by atoms with Gasteiger partial charge in [0.1, 0.15) is 11.8 Å². The van der Waals surface area contributed by atoms with Crippen LogP contribution in [-0.2, 0) is 16.5 Å². The largest absolute Gasteiger partial charge is 0.313 e. The van der Waals surface area contributed by atoms with Crippen molar-refractivity contribution >= 4 is 22.1 Å². The summed E-state index contributed by atoms with van der Waals surface area (Å²) in [7, 11) is -2.90. The predicted molar refractivity (Wildman–Crippen MR) is 103 cm³/mol. The smallest absolute Gasteiger partial charge is 0.225 e. The van der Waals surface area contributed by atoms with Crippen molar-refractivity contribution in [1.29, 1.82) is 0 Å². The third-order valence-corrected chi connectivity index (χ3v) is 7.21. The second kappa shape index (κ2) is 7.58. The molecule has 0 radical (unpaired) electrons. The molecule has 1 aromatic heterocycles. The highest BCUT2D eigenvalue weighted by Gasteiger charge is 2.35. The Balaban J connectivity index is 1.79. The van der Waals surface area contributed by atoms with Gasteiger partial charge in [0.05, 0.1) is 18.0 Å². The van der Waals surface area contributed by atoms with Gasteiger partial charge in [0.25, 0.3) is 0 Å². The summed E-state index contributed by atoms with van der Waals surface area (Å²) in [6, 6.07) is 8.25. The third kappa shape index (κ3) is 4.05. The fourth-order valence-corrected chi connectivity index (χ4v) is 5.44. The minimum Gasteiger partial charge on any atom is -0.313 e. The molecule has 1 fully saturated rings. The van der Waals surface area contributed by atoms with E-state index in [4.69, 9.17) is 12.2 Å². The van der Waals surface area contributed by atoms with E-state index in [0.717, 1.165) is 12.2 Å². The summed E-state index contributed by atoms with van der Waals surface area (Å²) < 4.78 is 27.4. The van der Waals surface area contributed by atoms with Crippen LogP contribution in [0.1, 0.15) is 38.7 Å². The van der Waals surface area contributed by atoms with Crippen molar-refractivity contribution in [1.82, 2.24) is 19.8 Å². The van der Waals surface area contributed by atoms with Crippen molar-refractivity contribution in [2.45, 2.75) is 45.8 Å². The molecular formula is C17H26N5O2S2+. The van der Waals surface area contributed by atoms with Crippen LogP contribution in [0.25, 0.3) is 5.69 Å². The molecule has 2 heterocycles. The lowest BCUT2D eigenvalue weighted by Crippen LogP contribution is -3.15. The van der Waals surface area contributed by atoms with Gasteiger partial charge in [-0.3, -0.25) is 0 Å². The molecule has 0 bridgehead atoms. The van der Waals surface area contributed by atoms with E-state index < -0.39 is 9.84 Å². The quantitative estimate of drug-likeness (QED) is 0.737. The highest BCUT2D eigenvalue weighted by atomic mass is 32.2. The first-order chi connectivity index (χ1) is 12.3. The number of hydrogen-bond donors (Lipinski definition) is 1. The van der Waals surface area contributed by atoms with Crippen molar-refractivity contribution in [3.8, 4) is 5.69 Å². The lowest BCUT2D eigenvalue weighted by atomic mass is 10.0. The van der Waals surface area contributed by atoms with Crippen LogP contribution in [0.4, 0.5) is 0 Å². The van der Waals surface area contributed by atoms with E-state index >= 15 is 0 Å². The first-order valence-electron chi connectivity index (χ1n) is 8.99. The highest BCUT2D eigenvalue weighted by Crippen LogP contribution is 2.16. The van der Waals surface area contributed by atoms with Crippen LogP contribution in [0.2, 0.25) is 0 Å². The average molecular weight is 397 g/mol. The van der Waals surface area contributed by atoms with E-state index in [-0.39, 0.29) is 17.5 Å². The molecule has 1 aliphatic heterocycles. The number of nitrogens with one attached hydrogen (secondary N) is 1. The van der Waals surface area contributed by atoms with Gasteiger partial charge in [-0.1, -0.05) is 26.0 Å². The number of nitrogens with zero attached hydrogens (tertiary/aromatic N) is 4. The number of quaternary nitrogens is 1. The van der Waals surface area contributed by atoms with Crippen molar-refractivity contribution < 1.29 is 13.3 Å². The number of aromatic nitrogens is 4. The molecule has 0 spiro atoms. The van der Waals surface area contributed by atoms with E-state index in [1.807, 2.05) is 12.1 Å². The standard InChI is InChI=1S/C17H25N5O2S2/c1-4-20(16-9-10-26(23,24)11-16)12-21-17(25)22(19-18-21)15-7-5-14(6-8-15)13(2)3/h5-8,13,16H,4,9-12H2,1-3H3/p+1/t16-/m0/s1. The van der Waals surface area contributed by atoms with Gasteiger partial charge in [-0.25, -0.2) is 8.42 Å². The van der Waals surface area contributed by atoms with Gasteiger partial charge in [-0.05, 0) is 53.2 Å². The summed E-state index contributed by atoms with van der Waals surface area (Å²) in [5.74, 6) is 0.993. The molecule has 0 aliphatic carbocycles. The van der Waals surface area contributed by atoms with Crippen LogP contribution < -0.4 is 4.90 Å². The maximum Gasteiger partial charge on any atom is 0.225 e. The topological polar surface area (TPSA) is 74.2 Å². The Morgan fingerprint density at radius 3 is 2.50 bits per heavy atom. The second-order valence-electron chi connectivity index (χ2n) is 7.19. The summed E-state index contributed by atoms with van der Waals surface area (Å²) >= 11 is 5.55. The summed E-state index contributed by atoms with van der Waals surface area (Å²) in [5, 5.41) is 8.40.